The molecule has 0 aliphatic rings. The van der Waals surface area contributed by atoms with Crippen molar-refractivity contribution in [1.82, 2.24) is 0 Å². The van der Waals surface area contributed by atoms with Crippen LogP contribution in [0.25, 0.3) is 0 Å². The van der Waals surface area contributed by atoms with E-state index in [4.69, 9.17) is 5.11 Å². The third kappa shape index (κ3) is 17.7. The molecule has 0 radical (unpaired) electrons. The standard InChI is InChI=1S/C38H70O8/c1-5-9-21-31(22-10-6-2)38(32(23-11-7-3)24-12-8-4,33(37(45)46)26-28-35(41)42)29-19-17-15-13-14-16-18-20-30(36(43)44)25-27-34(39)40/h30-33H,5-29H2,1-4H3,(H,39,40)(H,41,42)(H,43,44)(H,45,46). The molecule has 0 bridgehead atoms. The predicted molar refractivity (Wildman–Crippen MR) is 185 cm³/mol. The summed E-state index contributed by atoms with van der Waals surface area (Å²) < 4.78 is 0. The van der Waals surface area contributed by atoms with Gasteiger partial charge in [-0.25, -0.2) is 0 Å². The van der Waals surface area contributed by atoms with Gasteiger partial charge in [0.1, 0.15) is 0 Å². The SMILES string of the molecule is CCCCC(CCCC)C(CCCCCCCCCC(CCC(=O)O)C(=O)O)(C(CCCC)CCCC)C(CCC(=O)O)C(=O)O. The number of rotatable bonds is 33. The summed E-state index contributed by atoms with van der Waals surface area (Å²) in [6, 6.07) is 0. The molecular weight excluding hydrogens is 584 g/mol. The van der Waals surface area contributed by atoms with Crippen molar-refractivity contribution in [3.8, 4) is 0 Å². The van der Waals surface area contributed by atoms with Crippen LogP contribution < -0.4 is 0 Å². The van der Waals surface area contributed by atoms with Crippen LogP contribution in [0, 0.1) is 29.1 Å². The molecule has 46 heavy (non-hydrogen) atoms. The maximum Gasteiger partial charge on any atom is 0.307 e. The van der Waals surface area contributed by atoms with Crippen molar-refractivity contribution in [2.75, 3.05) is 0 Å². The van der Waals surface area contributed by atoms with Crippen molar-refractivity contribution >= 4 is 23.9 Å². The Morgan fingerprint density at radius 2 is 0.848 bits per heavy atom. The van der Waals surface area contributed by atoms with E-state index >= 15 is 0 Å². The second-order valence-electron chi connectivity index (χ2n) is 13.9. The average Bonchev–Trinajstić information content (AvgIpc) is 3.00. The third-order valence-electron chi connectivity index (χ3n) is 10.5. The highest BCUT2D eigenvalue weighted by Gasteiger charge is 2.51. The highest BCUT2D eigenvalue weighted by atomic mass is 16.4. The summed E-state index contributed by atoms with van der Waals surface area (Å²) in [5.41, 5.74) is -0.419. The minimum absolute atomic E-state index is 0.111. The van der Waals surface area contributed by atoms with E-state index in [1.54, 1.807) is 0 Å². The maximum atomic E-state index is 13.2. The lowest BCUT2D eigenvalue weighted by atomic mass is 9.52. The first kappa shape index (κ1) is 43.9. The molecule has 0 aromatic heterocycles. The Kier molecular flexibility index (Phi) is 25.7. The number of hydrogen-bond donors (Lipinski definition) is 4. The molecule has 0 aliphatic heterocycles. The summed E-state index contributed by atoms with van der Waals surface area (Å²) in [5, 5.41) is 38.7. The molecule has 0 rings (SSSR count). The van der Waals surface area contributed by atoms with E-state index in [2.05, 4.69) is 27.7 Å². The predicted octanol–water partition coefficient (Wildman–Crippen LogP) is 10.6. The normalized spacial score (nSPS) is 13.3. The highest BCUT2D eigenvalue weighted by Crippen LogP contribution is 2.55. The van der Waals surface area contributed by atoms with Gasteiger partial charge in [-0.2, -0.15) is 0 Å². The zero-order valence-electron chi connectivity index (χ0n) is 29.9. The summed E-state index contributed by atoms with van der Waals surface area (Å²) >= 11 is 0. The Morgan fingerprint density at radius 3 is 1.22 bits per heavy atom. The lowest BCUT2D eigenvalue weighted by molar-refractivity contribution is -0.156. The van der Waals surface area contributed by atoms with Crippen molar-refractivity contribution in [2.24, 2.45) is 29.1 Å². The number of hydrogen-bond acceptors (Lipinski definition) is 4. The van der Waals surface area contributed by atoms with Crippen molar-refractivity contribution in [3.63, 3.8) is 0 Å². The molecular formula is C38H70O8. The smallest absolute Gasteiger partial charge is 0.307 e. The number of carboxylic acids is 4. The van der Waals surface area contributed by atoms with Gasteiger partial charge in [-0.1, -0.05) is 124 Å². The Hall–Kier alpha value is -2.12. The van der Waals surface area contributed by atoms with E-state index in [1.807, 2.05) is 0 Å². The van der Waals surface area contributed by atoms with E-state index in [0.29, 0.717) is 6.42 Å². The van der Waals surface area contributed by atoms with E-state index in [9.17, 15) is 34.5 Å². The summed E-state index contributed by atoms with van der Waals surface area (Å²) in [6.45, 7) is 8.78. The molecule has 4 N–H and O–H groups in total. The molecule has 270 valence electrons. The van der Waals surface area contributed by atoms with Crippen LogP contribution in [0.3, 0.4) is 0 Å². The molecule has 0 aromatic carbocycles. The molecule has 0 amide bonds. The lowest BCUT2D eigenvalue weighted by Gasteiger charge is -2.51. The fourth-order valence-electron chi connectivity index (χ4n) is 7.94. The molecule has 0 aliphatic carbocycles. The lowest BCUT2D eigenvalue weighted by Crippen LogP contribution is -2.48. The van der Waals surface area contributed by atoms with Gasteiger partial charge in [0.05, 0.1) is 11.8 Å². The fraction of sp³-hybridized carbons (Fsp3) is 0.895. The van der Waals surface area contributed by atoms with Crippen molar-refractivity contribution < 1.29 is 39.6 Å². The quantitative estimate of drug-likeness (QED) is 0.0511. The van der Waals surface area contributed by atoms with Gasteiger partial charge in [0.25, 0.3) is 0 Å². The molecule has 0 saturated heterocycles. The van der Waals surface area contributed by atoms with E-state index < -0.39 is 41.1 Å². The number of unbranched alkanes of at least 4 members (excludes halogenated alkanes) is 10. The molecule has 8 nitrogen and oxygen atoms in total. The monoisotopic (exact) mass is 655 g/mol. The van der Waals surface area contributed by atoms with Crippen LogP contribution in [0.4, 0.5) is 0 Å². The van der Waals surface area contributed by atoms with Gasteiger partial charge in [-0.15, -0.1) is 0 Å². The first-order chi connectivity index (χ1) is 22.0. The minimum atomic E-state index is -0.962. The molecule has 0 aromatic rings. The van der Waals surface area contributed by atoms with Crippen molar-refractivity contribution in [2.45, 2.75) is 188 Å². The van der Waals surface area contributed by atoms with E-state index in [0.717, 1.165) is 128 Å². The van der Waals surface area contributed by atoms with Crippen LogP contribution in [0.15, 0.2) is 0 Å². The van der Waals surface area contributed by atoms with E-state index in [1.165, 1.54) is 0 Å². The summed E-state index contributed by atoms with van der Waals surface area (Å²) in [6.07, 6.45) is 20.7. The molecule has 0 fully saturated rings. The first-order valence-electron chi connectivity index (χ1n) is 18.9. The van der Waals surface area contributed by atoms with Crippen LogP contribution in [0.2, 0.25) is 0 Å². The first-order valence-corrected chi connectivity index (χ1v) is 18.9. The molecule has 0 heterocycles. The molecule has 0 spiro atoms. The zero-order chi connectivity index (χ0) is 34.8. The van der Waals surface area contributed by atoms with Gasteiger partial charge in [0.2, 0.25) is 0 Å². The molecule has 8 heteroatoms. The zero-order valence-corrected chi connectivity index (χ0v) is 29.9. The van der Waals surface area contributed by atoms with Crippen molar-refractivity contribution in [1.29, 1.82) is 0 Å². The van der Waals surface area contributed by atoms with Gasteiger partial charge < -0.3 is 20.4 Å². The maximum absolute atomic E-state index is 13.2. The van der Waals surface area contributed by atoms with Crippen LogP contribution in [-0.2, 0) is 19.2 Å². The second-order valence-corrected chi connectivity index (χ2v) is 13.9. The van der Waals surface area contributed by atoms with Gasteiger partial charge in [-0.05, 0) is 68.6 Å². The Bertz CT molecular complexity index is 790. The minimum Gasteiger partial charge on any atom is -0.481 e. The number of carboxylic acid groups (broad SMARTS) is 4. The summed E-state index contributed by atoms with van der Waals surface area (Å²) in [5.74, 6) is -4.35. The highest BCUT2D eigenvalue weighted by molar-refractivity contribution is 5.73. The van der Waals surface area contributed by atoms with Crippen LogP contribution in [-0.4, -0.2) is 44.3 Å². The average molecular weight is 655 g/mol. The summed E-state index contributed by atoms with van der Waals surface area (Å²) in [7, 11) is 0. The van der Waals surface area contributed by atoms with Crippen LogP contribution in [0.1, 0.15) is 188 Å². The Morgan fingerprint density at radius 1 is 0.457 bits per heavy atom. The van der Waals surface area contributed by atoms with Crippen LogP contribution in [0.5, 0.6) is 0 Å². The van der Waals surface area contributed by atoms with Gasteiger partial charge >= 0.3 is 23.9 Å². The molecule has 2 unspecified atom stereocenters. The number of carbonyl (C=O) groups is 4. The molecule has 0 saturated carbocycles. The van der Waals surface area contributed by atoms with Gasteiger partial charge in [-0.3, -0.25) is 19.2 Å². The van der Waals surface area contributed by atoms with Gasteiger partial charge in [0, 0.05) is 12.8 Å². The van der Waals surface area contributed by atoms with E-state index in [-0.39, 0.29) is 37.5 Å². The number of aliphatic carboxylic acids is 4. The third-order valence-corrected chi connectivity index (χ3v) is 10.5. The largest absolute Gasteiger partial charge is 0.481 e. The fourth-order valence-corrected chi connectivity index (χ4v) is 7.94. The Labute approximate surface area is 280 Å². The second kappa shape index (κ2) is 26.9. The topological polar surface area (TPSA) is 149 Å². The van der Waals surface area contributed by atoms with Crippen LogP contribution >= 0.6 is 0 Å². The molecule has 2 atom stereocenters. The van der Waals surface area contributed by atoms with Crippen molar-refractivity contribution in [3.05, 3.63) is 0 Å². The summed E-state index contributed by atoms with van der Waals surface area (Å²) in [4.78, 5) is 47.3. The van der Waals surface area contributed by atoms with Gasteiger partial charge in [0.15, 0.2) is 0 Å². The Balaban J connectivity index is 5.94.